The van der Waals surface area contributed by atoms with E-state index in [1.165, 1.54) is 49.6 Å². The van der Waals surface area contributed by atoms with Crippen molar-refractivity contribution in [2.45, 2.75) is 4.90 Å². The first-order valence-electron chi connectivity index (χ1n) is 9.01. The van der Waals surface area contributed by atoms with E-state index >= 15 is 0 Å². The molecule has 0 bridgehead atoms. The molecular weight excluding hydrogens is 493 g/mol. The van der Waals surface area contributed by atoms with Crippen LogP contribution in [0, 0.1) is 0 Å². The molecule has 0 spiro atoms. The fraction of sp³-hybridized carbons (Fsp3) is 0.0476. The molecule has 3 N–H and O–H groups in total. The lowest BCUT2D eigenvalue weighted by Crippen LogP contribution is -2.34. The van der Waals surface area contributed by atoms with Gasteiger partial charge >= 0.3 is 0 Å². The van der Waals surface area contributed by atoms with E-state index in [0.717, 1.165) is 0 Å². The third-order valence-electron chi connectivity index (χ3n) is 4.12. The van der Waals surface area contributed by atoms with Crippen LogP contribution in [0.5, 0.6) is 5.75 Å². The van der Waals surface area contributed by atoms with Crippen molar-refractivity contribution in [3.05, 3.63) is 82.3 Å². The molecule has 3 aromatic rings. The van der Waals surface area contributed by atoms with Gasteiger partial charge in [0, 0.05) is 27.0 Å². The predicted octanol–water partition coefficient (Wildman–Crippen LogP) is 4.93. The van der Waals surface area contributed by atoms with E-state index in [2.05, 4.69) is 15.4 Å². The van der Waals surface area contributed by atoms with Gasteiger partial charge in [0.2, 0.25) is 0 Å². The molecule has 0 aliphatic rings. The van der Waals surface area contributed by atoms with Crippen molar-refractivity contribution in [2.24, 2.45) is 0 Å². The van der Waals surface area contributed by atoms with E-state index in [4.69, 9.17) is 40.2 Å². The van der Waals surface area contributed by atoms with Gasteiger partial charge in [-0.05, 0) is 78.9 Å². The van der Waals surface area contributed by atoms with Gasteiger partial charge in [-0.3, -0.25) is 14.8 Å². The number of methoxy groups -OCH3 is 1. The van der Waals surface area contributed by atoms with Crippen molar-refractivity contribution in [3.8, 4) is 5.75 Å². The largest absolute Gasteiger partial charge is 0.497 e. The SMILES string of the molecule is COc1ccc(NS(=O)(=O)c2ccc(NC(=S)NC(=O)c3cc(Cl)cc(Cl)c3)cc2)cc1. The second-order valence-electron chi connectivity index (χ2n) is 6.42. The van der Waals surface area contributed by atoms with Crippen molar-refractivity contribution in [2.75, 3.05) is 17.1 Å². The molecule has 32 heavy (non-hydrogen) atoms. The molecule has 0 unspecified atom stereocenters. The molecule has 0 fully saturated rings. The highest BCUT2D eigenvalue weighted by atomic mass is 35.5. The average molecular weight is 510 g/mol. The summed E-state index contributed by atoms with van der Waals surface area (Å²) in [5.41, 5.74) is 1.14. The monoisotopic (exact) mass is 509 g/mol. The van der Waals surface area contributed by atoms with Crippen molar-refractivity contribution in [3.63, 3.8) is 0 Å². The average Bonchev–Trinajstić information content (AvgIpc) is 2.73. The van der Waals surface area contributed by atoms with Crippen LogP contribution >= 0.6 is 35.4 Å². The highest BCUT2D eigenvalue weighted by Gasteiger charge is 2.15. The van der Waals surface area contributed by atoms with Gasteiger partial charge in [-0.15, -0.1) is 0 Å². The second-order valence-corrected chi connectivity index (χ2v) is 9.39. The van der Waals surface area contributed by atoms with Crippen molar-refractivity contribution >= 4 is 67.8 Å². The smallest absolute Gasteiger partial charge is 0.261 e. The Morgan fingerprint density at radius 1 is 0.906 bits per heavy atom. The number of carbonyl (C=O) groups excluding carboxylic acids is 1. The number of halogens is 2. The molecule has 166 valence electrons. The van der Waals surface area contributed by atoms with Crippen LogP contribution in [-0.4, -0.2) is 26.5 Å². The fourth-order valence-electron chi connectivity index (χ4n) is 2.61. The van der Waals surface area contributed by atoms with E-state index in [1.807, 2.05) is 0 Å². The Hall–Kier alpha value is -2.85. The number of anilines is 2. The Balaban J connectivity index is 1.63. The van der Waals surface area contributed by atoms with E-state index in [0.29, 0.717) is 27.2 Å². The molecule has 0 aromatic heterocycles. The van der Waals surface area contributed by atoms with Gasteiger partial charge in [-0.2, -0.15) is 0 Å². The summed E-state index contributed by atoms with van der Waals surface area (Å²) in [7, 11) is -2.26. The normalized spacial score (nSPS) is 10.8. The highest BCUT2D eigenvalue weighted by Crippen LogP contribution is 2.21. The first-order chi connectivity index (χ1) is 15.2. The maximum Gasteiger partial charge on any atom is 0.261 e. The third-order valence-corrected chi connectivity index (χ3v) is 6.15. The van der Waals surface area contributed by atoms with Gasteiger partial charge in [-0.25, -0.2) is 8.42 Å². The highest BCUT2D eigenvalue weighted by molar-refractivity contribution is 7.92. The minimum absolute atomic E-state index is 0.0260. The Labute approximate surface area is 200 Å². The van der Waals surface area contributed by atoms with Gasteiger partial charge in [-0.1, -0.05) is 23.2 Å². The summed E-state index contributed by atoms with van der Waals surface area (Å²) in [5.74, 6) is 0.125. The number of nitrogens with one attached hydrogen (secondary N) is 3. The number of benzene rings is 3. The van der Waals surface area contributed by atoms with Gasteiger partial charge in [0.05, 0.1) is 12.0 Å². The summed E-state index contributed by atoms with van der Waals surface area (Å²) in [4.78, 5) is 12.4. The number of sulfonamides is 1. The lowest BCUT2D eigenvalue weighted by Gasteiger charge is -2.12. The number of hydrogen-bond acceptors (Lipinski definition) is 5. The van der Waals surface area contributed by atoms with Gasteiger partial charge in [0.1, 0.15) is 5.75 Å². The number of ether oxygens (including phenoxy) is 1. The topological polar surface area (TPSA) is 96.5 Å². The summed E-state index contributed by atoms with van der Waals surface area (Å²) in [6, 6.07) is 16.8. The van der Waals surface area contributed by atoms with Gasteiger partial charge in [0.15, 0.2) is 5.11 Å². The molecule has 3 aromatic carbocycles. The fourth-order valence-corrected chi connectivity index (χ4v) is 4.41. The Morgan fingerprint density at radius 3 is 2.03 bits per heavy atom. The minimum Gasteiger partial charge on any atom is -0.497 e. The summed E-state index contributed by atoms with van der Waals surface area (Å²) in [5, 5.41) is 5.99. The van der Waals surface area contributed by atoms with Crippen LogP contribution in [0.4, 0.5) is 11.4 Å². The molecule has 1 amide bonds. The maximum atomic E-state index is 12.6. The van der Waals surface area contributed by atoms with Crippen molar-refractivity contribution in [1.82, 2.24) is 5.32 Å². The maximum absolute atomic E-state index is 12.6. The van der Waals surface area contributed by atoms with Crippen LogP contribution < -0.4 is 20.1 Å². The van der Waals surface area contributed by atoms with E-state index in [1.54, 1.807) is 24.3 Å². The van der Waals surface area contributed by atoms with E-state index in [-0.39, 0.29) is 15.6 Å². The van der Waals surface area contributed by atoms with Gasteiger partial charge in [0.25, 0.3) is 15.9 Å². The van der Waals surface area contributed by atoms with Crippen LogP contribution in [0.25, 0.3) is 0 Å². The lowest BCUT2D eigenvalue weighted by molar-refractivity contribution is 0.0977. The second kappa shape index (κ2) is 10.2. The Kier molecular flexibility index (Phi) is 7.57. The molecule has 3 rings (SSSR count). The molecule has 0 saturated heterocycles. The van der Waals surface area contributed by atoms with Crippen LogP contribution in [-0.2, 0) is 10.0 Å². The van der Waals surface area contributed by atoms with Crippen molar-refractivity contribution < 1.29 is 17.9 Å². The molecule has 11 heteroatoms. The molecule has 7 nitrogen and oxygen atoms in total. The zero-order chi connectivity index (χ0) is 23.3. The van der Waals surface area contributed by atoms with Crippen LogP contribution in [0.3, 0.4) is 0 Å². The van der Waals surface area contributed by atoms with E-state index < -0.39 is 15.9 Å². The molecule has 0 aliphatic heterocycles. The number of carbonyl (C=O) groups is 1. The van der Waals surface area contributed by atoms with Crippen LogP contribution in [0.1, 0.15) is 10.4 Å². The Bertz CT molecular complexity index is 1230. The van der Waals surface area contributed by atoms with Crippen LogP contribution in [0.15, 0.2) is 71.6 Å². The zero-order valence-corrected chi connectivity index (χ0v) is 19.7. The first-order valence-corrected chi connectivity index (χ1v) is 11.7. The molecule has 0 aliphatic carbocycles. The molecule has 0 radical (unpaired) electrons. The third kappa shape index (κ3) is 6.33. The van der Waals surface area contributed by atoms with E-state index in [9.17, 15) is 13.2 Å². The molecule has 0 atom stereocenters. The summed E-state index contributed by atoms with van der Waals surface area (Å²) < 4.78 is 32.7. The lowest BCUT2D eigenvalue weighted by atomic mass is 10.2. The quantitative estimate of drug-likeness (QED) is 0.407. The van der Waals surface area contributed by atoms with Crippen molar-refractivity contribution in [1.29, 1.82) is 0 Å². The molecular formula is C21H17Cl2N3O4S2. The van der Waals surface area contributed by atoms with Crippen LogP contribution in [0.2, 0.25) is 10.0 Å². The Morgan fingerprint density at radius 2 is 1.47 bits per heavy atom. The minimum atomic E-state index is -3.79. The number of hydrogen-bond donors (Lipinski definition) is 3. The zero-order valence-electron chi connectivity index (χ0n) is 16.6. The predicted molar refractivity (Wildman–Crippen MR) is 130 cm³/mol. The summed E-state index contributed by atoms with van der Waals surface area (Å²) in [6.07, 6.45) is 0. The number of rotatable bonds is 6. The molecule has 0 heterocycles. The van der Waals surface area contributed by atoms with Gasteiger partial charge < -0.3 is 10.1 Å². The summed E-state index contributed by atoms with van der Waals surface area (Å²) in [6.45, 7) is 0. The first kappa shape index (κ1) is 23.8. The number of amides is 1. The standard InChI is InChI=1S/C21H17Cl2N3O4S2/c1-30-18-6-2-17(3-7-18)26-32(28,29)19-8-4-16(5-9-19)24-21(31)25-20(27)13-10-14(22)12-15(23)11-13/h2-12,26H,1H3,(H2,24,25,27,31). The summed E-state index contributed by atoms with van der Waals surface area (Å²) >= 11 is 16.9. The molecule has 0 saturated carbocycles. The number of thiocarbonyl (C=S) groups is 1.